The maximum atomic E-state index is 6.20. The van der Waals surface area contributed by atoms with Crippen molar-refractivity contribution in [3.8, 4) is 0 Å². The van der Waals surface area contributed by atoms with Gasteiger partial charge < -0.3 is 5.73 Å². The van der Waals surface area contributed by atoms with Crippen LogP contribution in [0.15, 0.2) is 6.20 Å². The van der Waals surface area contributed by atoms with Gasteiger partial charge in [0.05, 0.1) is 23.0 Å². The number of hydrogen-bond donors (Lipinski definition) is 1. The molecule has 4 heteroatoms. The molecule has 3 nitrogen and oxygen atoms in total. The first kappa shape index (κ1) is 12.5. The second kappa shape index (κ2) is 5.52. The van der Waals surface area contributed by atoms with Gasteiger partial charge in [-0.1, -0.05) is 31.9 Å². The Balaban J connectivity index is 2.88. The summed E-state index contributed by atoms with van der Waals surface area (Å²) in [4.78, 5) is 0. The van der Waals surface area contributed by atoms with Gasteiger partial charge in [-0.05, 0) is 19.3 Å². The minimum absolute atomic E-state index is 0.0140. The molecule has 0 aliphatic carbocycles. The maximum Gasteiger partial charge on any atom is 0.0834 e. The van der Waals surface area contributed by atoms with E-state index in [1.54, 1.807) is 6.20 Å². The summed E-state index contributed by atoms with van der Waals surface area (Å²) in [5.74, 6) is 0.439. The van der Waals surface area contributed by atoms with Gasteiger partial charge in [0.1, 0.15) is 0 Å². The van der Waals surface area contributed by atoms with E-state index in [1.165, 1.54) is 0 Å². The van der Waals surface area contributed by atoms with Gasteiger partial charge in [0, 0.05) is 6.54 Å². The highest BCUT2D eigenvalue weighted by molar-refractivity contribution is 6.31. The second-order valence-corrected chi connectivity index (χ2v) is 4.39. The zero-order valence-corrected chi connectivity index (χ0v) is 10.5. The summed E-state index contributed by atoms with van der Waals surface area (Å²) in [6.45, 7) is 7.19. The van der Waals surface area contributed by atoms with E-state index >= 15 is 0 Å². The fourth-order valence-corrected chi connectivity index (χ4v) is 2.13. The summed E-state index contributed by atoms with van der Waals surface area (Å²) in [5.41, 5.74) is 7.17. The lowest BCUT2D eigenvalue weighted by Crippen LogP contribution is -2.23. The largest absolute Gasteiger partial charge is 0.322 e. The van der Waals surface area contributed by atoms with Gasteiger partial charge in [0.25, 0.3) is 0 Å². The normalized spacial score (nSPS) is 15.3. The molecular weight excluding hydrogens is 210 g/mol. The third-order valence-corrected chi connectivity index (χ3v) is 3.10. The van der Waals surface area contributed by atoms with Crippen LogP contribution in [0.4, 0.5) is 0 Å². The monoisotopic (exact) mass is 229 g/mol. The molecule has 0 spiro atoms. The second-order valence-electron chi connectivity index (χ2n) is 3.99. The van der Waals surface area contributed by atoms with Crippen LogP contribution in [0.2, 0.25) is 5.02 Å². The van der Waals surface area contributed by atoms with Gasteiger partial charge in [-0.15, -0.1) is 0 Å². The van der Waals surface area contributed by atoms with Crippen LogP contribution in [0, 0.1) is 5.92 Å². The molecule has 0 aliphatic rings. The van der Waals surface area contributed by atoms with Gasteiger partial charge in [-0.2, -0.15) is 5.10 Å². The van der Waals surface area contributed by atoms with E-state index in [0.717, 1.165) is 25.1 Å². The lowest BCUT2D eigenvalue weighted by atomic mass is 9.95. The van der Waals surface area contributed by atoms with Gasteiger partial charge >= 0.3 is 0 Å². The van der Waals surface area contributed by atoms with Crippen molar-refractivity contribution in [3.05, 3.63) is 16.9 Å². The lowest BCUT2D eigenvalue weighted by Gasteiger charge is -2.20. The minimum atomic E-state index is -0.0140. The van der Waals surface area contributed by atoms with Crippen LogP contribution in [0.25, 0.3) is 0 Å². The van der Waals surface area contributed by atoms with E-state index in [1.807, 2.05) is 11.6 Å². The summed E-state index contributed by atoms with van der Waals surface area (Å²) in [6, 6.07) is -0.0140. The molecule has 0 saturated carbocycles. The Labute approximate surface area is 96.6 Å². The van der Waals surface area contributed by atoms with Crippen molar-refractivity contribution in [2.75, 3.05) is 0 Å². The van der Waals surface area contributed by atoms with E-state index in [2.05, 4.69) is 18.9 Å². The summed E-state index contributed by atoms with van der Waals surface area (Å²) in [7, 11) is 0. The average Bonchev–Trinajstić information content (AvgIpc) is 2.58. The predicted molar refractivity (Wildman–Crippen MR) is 63.9 cm³/mol. The zero-order valence-electron chi connectivity index (χ0n) is 9.70. The van der Waals surface area contributed by atoms with Gasteiger partial charge in [-0.25, -0.2) is 0 Å². The maximum absolute atomic E-state index is 6.20. The SMILES string of the molecule is CCCC(C)C(N)c1c(Cl)cnn1CC. The van der Waals surface area contributed by atoms with Crippen molar-refractivity contribution < 1.29 is 0 Å². The van der Waals surface area contributed by atoms with Crippen LogP contribution in [-0.4, -0.2) is 9.78 Å². The third kappa shape index (κ3) is 2.73. The Morgan fingerprint density at radius 3 is 2.73 bits per heavy atom. The average molecular weight is 230 g/mol. The highest BCUT2D eigenvalue weighted by Crippen LogP contribution is 2.28. The molecule has 0 bridgehead atoms. The summed E-state index contributed by atoms with van der Waals surface area (Å²) in [6.07, 6.45) is 3.94. The number of nitrogens with zero attached hydrogens (tertiary/aromatic N) is 2. The molecule has 1 aromatic rings. The summed E-state index contributed by atoms with van der Waals surface area (Å²) >= 11 is 6.10. The molecule has 86 valence electrons. The van der Waals surface area contributed by atoms with E-state index in [-0.39, 0.29) is 6.04 Å². The summed E-state index contributed by atoms with van der Waals surface area (Å²) < 4.78 is 1.89. The topological polar surface area (TPSA) is 43.8 Å². The van der Waals surface area contributed by atoms with Gasteiger partial charge in [0.15, 0.2) is 0 Å². The highest BCUT2D eigenvalue weighted by Gasteiger charge is 2.21. The highest BCUT2D eigenvalue weighted by atomic mass is 35.5. The van der Waals surface area contributed by atoms with Crippen LogP contribution in [0.3, 0.4) is 0 Å². The van der Waals surface area contributed by atoms with Crippen molar-refractivity contribution in [3.63, 3.8) is 0 Å². The van der Waals surface area contributed by atoms with Gasteiger partial charge in [0.2, 0.25) is 0 Å². The Kier molecular flexibility index (Phi) is 4.61. The van der Waals surface area contributed by atoms with E-state index < -0.39 is 0 Å². The van der Waals surface area contributed by atoms with E-state index in [9.17, 15) is 0 Å². The van der Waals surface area contributed by atoms with Crippen LogP contribution in [-0.2, 0) is 6.54 Å². The Morgan fingerprint density at radius 1 is 1.53 bits per heavy atom. The van der Waals surface area contributed by atoms with Crippen molar-refractivity contribution in [1.29, 1.82) is 0 Å². The van der Waals surface area contributed by atoms with Crippen molar-refractivity contribution in [2.45, 2.75) is 46.2 Å². The molecular formula is C11H20ClN3. The first-order valence-corrected chi connectivity index (χ1v) is 5.96. The molecule has 0 aromatic carbocycles. The number of nitrogens with two attached hydrogens (primary N) is 1. The Morgan fingerprint density at radius 2 is 2.20 bits per heavy atom. The molecule has 0 amide bonds. The summed E-state index contributed by atoms with van der Waals surface area (Å²) in [5, 5.41) is 4.89. The first-order chi connectivity index (χ1) is 7.11. The van der Waals surface area contributed by atoms with Crippen molar-refractivity contribution in [1.82, 2.24) is 9.78 Å². The quantitative estimate of drug-likeness (QED) is 0.844. The number of aryl methyl sites for hydroxylation is 1. The number of halogens is 1. The molecule has 1 aromatic heterocycles. The lowest BCUT2D eigenvalue weighted by molar-refractivity contribution is 0.408. The van der Waals surface area contributed by atoms with Crippen LogP contribution < -0.4 is 5.73 Å². The molecule has 1 rings (SSSR count). The Bertz CT molecular complexity index is 309. The van der Waals surface area contributed by atoms with Crippen molar-refractivity contribution in [2.24, 2.45) is 11.7 Å². The molecule has 2 N–H and O–H groups in total. The molecule has 2 atom stereocenters. The molecule has 0 saturated heterocycles. The fourth-order valence-electron chi connectivity index (χ4n) is 1.86. The molecule has 15 heavy (non-hydrogen) atoms. The van der Waals surface area contributed by atoms with Gasteiger partial charge in [-0.3, -0.25) is 4.68 Å². The third-order valence-electron chi connectivity index (χ3n) is 2.81. The molecule has 2 unspecified atom stereocenters. The van der Waals surface area contributed by atoms with Crippen LogP contribution >= 0.6 is 11.6 Å². The van der Waals surface area contributed by atoms with E-state index in [4.69, 9.17) is 17.3 Å². The molecule has 0 fully saturated rings. The van der Waals surface area contributed by atoms with E-state index in [0.29, 0.717) is 10.9 Å². The molecule has 1 heterocycles. The molecule has 0 radical (unpaired) electrons. The van der Waals surface area contributed by atoms with Crippen molar-refractivity contribution >= 4 is 11.6 Å². The smallest absolute Gasteiger partial charge is 0.0834 e. The zero-order chi connectivity index (χ0) is 11.4. The van der Waals surface area contributed by atoms with Crippen LogP contribution in [0.5, 0.6) is 0 Å². The molecule has 0 aliphatic heterocycles. The number of aromatic nitrogens is 2. The first-order valence-electron chi connectivity index (χ1n) is 5.58. The number of rotatable bonds is 5. The number of hydrogen-bond acceptors (Lipinski definition) is 2. The Hall–Kier alpha value is -0.540. The predicted octanol–water partition coefficient (Wildman–Crippen LogP) is 2.99. The van der Waals surface area contributed by atoms with Crippen LogP contribution in [0.1, 0.15) is 45.3 Å². The standard InChI is InChI=1S/C11H20ClN3/c1-4-6-8(3)10(13)11-9(12)7-14-15(11)5-2/h7-8,10H,4-6,13H2,1-3H3. The fraction of sp³-hybridized carbons (Fsp3) is 0.727. The minimum Gasteiger partial charge on any atom is -0.322 e.